The van der Waals surface area contributed by atoms with Crippen LogP contribution >= 0.6 is 23.6 Å². The molecular formula is C12H12N4S2. The number of pyridine rings is 1. The van der Waals surface area contributed by atoms with E-state index in [9.17, 15) is 0 Å². The lowest BCUT2D eigenvalue weighted by atomic mass is 10.2. The van der Waals surface area contributed by atoms with Gasteiger partial charge in [-0.15, -0.1) is 11.3 Å². The van der Waals surface area contributed by atoms with Gasteiger partial charge in [-0.05, 0) is 25.0 Å². The van der Waals surface area contributed by atoms with Crippen LogP contribution in [0.2, 0.25) is 0 Å². The molecule has 6 heteroatoms. The monoisotopic (exact) mass is 276 g/mol. The minimum absolute atomic E-state index is 0.373. The summed E-state index contributed by atoms with van der Waals surface area (Å²) in [6.07, 6.45) is 4.21. The number of hydrogen-bond acceptors (Lipinski definition) is 5. The zero-order valence-corrected chi connectivity index (χ0v) is 11.2. The normalized spacial score (nSPS) is 14.4. The van der Waals surface area contributed by atoms with Gasteiger partial charge in [-0.2, -0.15) is 0 Å². The van der Waals surface area contributed by atoms with Crippen LogP contribution < -0.4 is 11.1 Å². The van der Waals surface area contributed by atoms with E-state index in [2.05, 4.69) is 20.7 Å². The standard InChI is InChI=1S/C12H12N4S2/c13-11(17)8-3-4-14-10(5-8)16-12-15-9(6-18-12)7-1-2-7/h3-7H,1-2H2,(H2,13,17)(H,14,15,16). The molecule has 0 aromatic carbocycles. The highest BCUT2D eigenvalue weighted by Crippen LogP contribution is 2.41. The summed E-state index contributed by atoms with van der Waals surface area (Å²) in [6.45, 7) is 0. The zero-order valence-electron chi connectivity index (χ0n) is 9.59. The van der Waals surface area contributed by atoms with Crippen molar-refractivity contribution in [1.29, 1.82) is 0 Å². The van der Waals surface area contributed by atoms with Crippen molar-refractivity contribution < 1.29 is 0 Å². The molecule has 3 rings (SSSR count). The fourth-order valence-electron chi connectivity index (χ4n) is 1.67. The van der Waals surface area contributed by atoms with Crippen LogP contribution in [0, 0.1) is 0 Å². The Kier molecular flexibility index (Phi) is 2.97. The van der Waals surface area contributed by atoms with Crippen molar-refractivity contribution >= 4 is 39.5 Å². The number of anilines is 2. The largest absolute Gasteiger partial charge is 0.389 e. The van der Waals surface area contributed by atoms with Gasteiger partial charge in [0, 0.05) is 23.1 Å². The number of thiazole rings is 1. The van der Waals surface area contributed by atoms with Crippen LogP contribution in [-0.4, -0.2) is 15.0 Å². The summed E-state index contributed by atoms with van der Waals surface area (Å²) in [6, 6.07) is 3.63. The van der Waals surface area contributed by atoms with Crippen LogP contribution in [0.15, 0.2) is 23.7 Å². The lowest BCUT2D eigenvalue weighted by molar-refractivity contribution is 1.05. The van der Waals surface area contributed by atoms with Gasteiger partial charge in [0.1, 0.15) is 10.8 Å². The molecule has 0 bridgehead atoms. The van der Waals surface area contributed by atoms with Gasteiger partial charge in [0.25, 0.3) is 0 Å². The molecule has 0 atom stereocenters. The first-order valence-corrected chi connectivity index (χ1v) is 6.99. The predicted molar refractivity (Wildman–Crippen MR) is 77.5 cm³/mol. The van der Waals surface area contributed by atoms with Crippen LogP contribution in [0.3, 0.4) is 0 Å². The molecule has 1 saturated carbocycles. The van der Waals surface area contributed by atoms with E-state index >= 15 is 0 Å². The second-order valence-corrected chi connectivity index (χ2v) is 5.57. The van der Waals surface area contributed by atoms with Gasteiger partial charge in [0.2, 0.25) is 0 Å². The Morgan fingerprint density at radius 2 is 2.33 bits per heavy atom. The SMILES string of the molecule is NC(=S)c1ccnc(Nc2nc(C3CC3)cs2)c1. The molecule has 1 fully saturated rings. The maximum Gasteiger partial charge on any atom is 0.188 e. The molecule has 0 aliphatic heterocycles. The van der Waals surface area contributed by atoms with Crippen LogP contribution in [0.1, 0.15) is 30.0 Å². The van der Waals surface area contributed by atoms with Crippen LogP contribution in [0.25, 0.3) is 0 Å². The molecule has 0 amide bonds. The number of thiocarbonyl (C=S) groups is 1. The lowest BCUT2D eigenvalue weighted by Gasteiger charge is -2.03. The summed E-state index contributed by atoms with van der Waals surface area (Å²) in [5, 5.41) is 6.16. The highest BCUT2D eigenvalue weighted by Gasteiger charge is 2.26. The molecule has 0 spiro atoms. The fourth-order valence-corrected chi connectivity index (χ4v) is 2.60. The molecule has 92 valence electrons. The van der Waals surface area contributed by atoms with E-state index in [1.807, 2.05) is 6.07 Å². The molecule has 2 heterocycles. The topological polar surface area (TPSA) is 63.8 Å². The fraction of sp³-hybridized carbons (Fsp3) is 0.250. The number of nitrogens with zero attached hydrogens (tertiary/aromatic N) is 2. The molecule has 3 N–H and O–H groups in total. The Labute approximate surface area is 114 Å². The molecule has 0 radical (unpaired) electrons. The second kappa shape index (κ2) is 4.62. The summed E-state index contributed by atoms with van der Waals surface area (Å²) >= 11 is 6.54. The van der Waals surface area contributed by atoms with Gasteiger partial charge in [0.15, 0.2) is 5.13 Å². The predicted octanol–water partition coefficient (Wildman–Crippen LogP) is 2.79. The zero-order chi connectivity index (χ0) is 12.5. The molecule has 0 unspecified atom stereocenters. The Balaban J connectivity index is 1.78. The Hall–Kier alpha value is -1.53. The number of aromatic nitrogens is 2. The minimum Gasteiger partial charge on any atom is -0.389 e. The summed E-state index contributed by atoms with van der Waals surface area (Å²) in [5.41, 5.74) is 7.59. The Bertz CT molecular complexity index is 589. The van der Waals surface area contributed by atoms with E-state index in [1.54, 1.807) is 23.6 Å². The van der Waals surface area contributed by atoms with Crippen molar-refractivity contribution in [3.05, 3.63) is 35.0 Å². The number of hydrogen-bond donors (Lipinski definition) is 2. The summed E-state index contributed by atoms with van der Waals surface area (Å²) in [5.74, 6) is 1.39. The summed E-state index contributed by atoms with van der Waals surface area (Å²) < 4.78 is 0. The van der Waals surface area contributed by atoms with Crippen LogP contribution in [0.4, 0.5) is 10.9 Å². The number of rotatable bonds is 4. The van der Waals surface area contributed by atoms with Gasteiger partial charge in [-0.3, -0.25) is 0 Å². The second-order valence-electron chi connectivity index (χ2n) is 4.27. The van der Waals surface area contributed by atoms with Crippen molar-refractivity contribution in [2.45, 2.75) is 18.8 Å². The third-order valence-electron chi connectivity index (χ3n) is 2.80. The molecule has 1 aliphatic carbocycles. The van der Waals surface area contributed by atoms with E-state index in [0.29, 0.717) is 10.9 Å². The van der Waals surface area contributed by atoms with Crippen LogP contribution in [-0.2, 0) is 0 Å². The van der Waals surface area contributed by atoms with Crippen molar-refractivity contribution in [3.8, 4) is 0 Å². The average Bonchev–Trinajstić information content (AvgIpc) is 3.11. The lowest BCUT2D eigenvalue weighted by Crippen LogP contribution is -2.09. The third-order valence-corrected chi connectivity index (χ3v) is 3.81. The van der Waals surface area contributed by atoms with Crippen molar-refractivity contribution in [2.75, 3.05) is 5.32 Å². The first-order chi connectivity index (χ1) is 8.72. The smallest absolute Gasteiger partial charge is 0.188 e. The molecule has 2 aromatic rings. The molecule has 18 heavy (non-hydrogen) atoms. The van der Waals surface area contributed by atoms with Gasteiger partial charge >= 0.3 is 0 Å². The quantitative estimate of drug-likeness (QED) is 0.841. The van der Waals surface area contributed by atoms with Crippen molar-refractivity contribution in [2.24, 2.45) is 5.73 Å². The van der Waals surface area contributed by atoms with E-state index in [1.165, 1.54) is 18.5 Å². The molecule has 4 nitrogen and oxygen atoms in total. The van der Waals surface area contributed by atoms with Crippen molar-refractivity contribution in [3.63, 3.8) is 0 Å². The van der Waals surface area contributed by atoms with Crippen LogP contribution in [0.5, 0.6) is 0 Å². The molecule has 2 aromatic heterocycles. The maximum atomic E-state index is 5.59. The van der Waals surface area contributed by atoms with E-state index in [4.69, 9.17) is 18.0 Å². The highest BCUT2D eigenvalue weighted by molar-refractivity contribution is 7.80. The highest BCUT2D eigenvalue weighted by atomic mass is 32.1. The van der Waals surface area contributed by atoms with Crippen molar-refractivity contribution in [1.82, 2.24) is 9.97 Å². The van der Waals surface area contributed by atoms with E-state index in [0.717, 1.165) is 16.5 Å². The average molecular weight is 276 g/mol. The Morgan fingerprint density at radius 1 is 1.50 bits per heavy atom. The number of nitrogens with two attached hydrogens (primary N) is 1. The number of nitrogens with one attached hydrogen (secondary N) is 1. The molecular weight excluding hydrogens is 264 g/mol. The van der Waals surface area contributed by atoms with Gasteiger partial charge in [-0.1, -0.05) is 12.2 Å². The third kappa shape index (κ3) is 2.49. The van der Waals surface area contributed by atoms with E-state index in [-0.39, 0.29) is 0 Å². The first kappa shape index (κ1) is 11.6. The van der Waals surface area contributed by atoms with Gasteiger partial charge < -0.3 is 11.1 Å². The molecule has 0 saturated heterocycles. The maximum absolute atomic E-state index is 5.59. The molecule has 1 aliphatic rings. The van der Waals surface area contributed by atoms with E-state index < -0.39 is 0 Å². The summed E-state index contributed by atoms with van der Waals surface area (Å²) in [4.78, 5) is 9.15. The Morgan fingerprint density at radius 3 is 3.06 bits per heavy atom. The summed E-state index contributed by atoms with van der Waals surface area (Å²) in [7, 11) is 0. The minimum atomic E-state index is 0.373. The van der Waals surface area contributed by atoms with Gasteiger partial charge in [-0.25, -0.2) is 9.97 Å². The van der Waals surface area contributed by atoms with Gasteiger partial charge in [0.05, 0.1) is 5.69 Å². The first-order valence-electron chi connectivity index (χ1n) is 5.70.